The molecule has 0 radical (unpaired) electrons. The minimum absolute atomic E-state index is 0.174. The van der Waals surface area contributed by atoms with E-state index in [2.05, 4.69) is 26.0 Å². The molecule has 142 valence electrons. The molecule has 0 bridgehead atoms. The molecule has 27 heavy (non-hydrogen) atoms. The van der Waals surface area contributed by atoms with Crippen LogP contribution in [0.2, 0.25) is 10.0 Å². The van der Waals surface area contributed by atoms with Gasteiger partial charge in [-0.3, -0.25) is 9.69 Å². The van der Waals surface area contributed by atoms with Gasteiger partial charge in [0.05, 0.1) is 20.8 Å². The minimum atomic E-state index is -0.174. The molecule has 0 saturated heterocycles. The van der Waals surface area contributed by atoms with Gasteiger partial charge in [-0.2, -0.15) is 0 Å². The molecular formula is C20H21Cl2N3OS. The van der Waals surface area contributed by atoms with Crippen LogP contribution >= 0.6 is 34.5 Å². The van der Waals surface area contributed by atoms with Crippen LogP contribution in [-0.2, 0) is 0 Å². The maximum Gasteiger partial charge on any atom is 0.261 e. The van der Waals surface area contributed by atoms with Crippen LogP contribution in [0.3, 0.4) is 0 Å². The number of anilines is 1. The van der Waals surface area contributed by atoms with Gasteiger partial charge in [0, 0.05) is 18.1 Å². The molecule has 0 aliphatic carbocycles. The normalized spacial score (nSPS) is 11.4. The predicted octanol–water partition coefficient (Wildman–Crippen LogP) is 5.43. The summed E-state index contributed by atoms with van der Waals surface area (Å²) < 4.78 is 1.07. The summed E-state index contributed by atoms with van der Waals surface area (Å²) in [6.45, 7) is 5.35. The van der Waals surface area contributed by atoms with E-state index in [0.29, 0.717) is 33.8 Å². The molecule has 0 aliphatic rings. The van der Waals surface area contributed by atoms with Gasteiger partial charge >= 0.3 is 0 Å². The molecule has 0 fully saturated rings. The Hall–Kier alpha value is -1.66. The molecule has 1 heterocycles. The third kappa shape index (κ3) is 4.27. The number of nitrogens with zero attached hydrogens (tertiary/aromatic N) is 3. The van der Waals surface area contributed by atoms with E-state index in [1.807, 2.05) is 19.0 Å². The molecule has 2 aromatic carbocycles. The summed E-state index contributed by atoms with van der Waals surface area (Å²) in [4.78, 5) is 21.8. The monoisotopic (exact) mass is 421 g/mol. The van der Waals surface area contributed by atoms with E-state index in [0.717, 1.165) is 15.8 Å². The first-order chi connectivity index (χ1) is 12.8. The lowest BCUT2D eigenvalue weighted by molar-refractivity contribution is 0.0985. The fourth-order valence-corrected chi connectivity index (χ4v) is 4.26. The van der Waals surface area contributed by atoms with E-state index in [9.17, 15) is 4.79 Å². The van der Waals surface area contributed by atoms with E-state index in [1.165, 1.54) is 16.9 Å². The molecule has 0 atom stereocenters. The Balaban J connectivity index is 2.05. The van der Waals surface area contributed by atoms with Gasteiger partial charge in [0.2, 0.25) is 0 Å². The zero-order chi connectivity index (χ0) is 19.7. The molecule has 3 aromatic rings. The summed E-state index contributed by atoms with van der Waals surface area (Å²) in [5.74, 6) is -0.174. The number of carbonyl (C=O) groups is 1. The van der Waals surface area contributed by atoms with E-state index in [1.54, 1.807) is 23.1 Å². The quantitative estimate of drug-likeness (QED) is 0.550. The molecule has 0 unspecified atom stereocenters. The molecule has 7 heteroatoms. The lowest BCUT2D eigenvalue weighted by atomic mass is 10.1. The number of aromatic nitrogens is 1. The molecule has 0 spiro atoms. The maximum atomic E-state index is 13.3. The van der Waals surface area contributed by atoms with E-state index < -0.39 is 0 Å². The highest BCUT2D eigenvalue weighted by Crippen LogP contribution is 2.33. The number of amides is 1. The number of hydrogen-bond donors (Lipinski definition) is 0. The van der Waals surface area contributed by atoms with Gasteiger partial charge in [-0.1, -0.05) is 40.6 Å². The van der Waals surface area contributed by atoms with Crippen LogP contribution in [0.25, 0.3) is 10.2 Å². The van der Waals surface area contributed by atoms with Crippen molar-refractivity contribution < 1.29 is 4.79 Å². The zero-order valence-electron chi connectivity index (χ0n) is 15.7. The van der Waals surface area contributed by atoms with Crippen LogP contribution < -0.4 is 4.90 Å². The van der Waals surface area contributed by atoms with Crippen LogP contribution in [0.5, 0.6) is 0 Å². The number of rotatable bonds is 5. The van der Waals surface area contributed by atoms with Gasteiger partial charge in [-0.05, 0) is 63.3 Å². The zero-order valence-corrected chi connectivity index (χ0v) is 18.0. The molecule has 0 saturated carbocycles. The smallest absolute Gasteiger partial charge is 0.261 e. The summed E-state index contributed by atoms with van der Waals surface area (Å²) in [5, 5.41) is 1.52. The van der Waals surface area contributed by atoms with Crippen LogP contribution in [-0.4, -0.2) is 43.0 Å². The lowest BCUT2D eigenvalue weighted by Crippen LogP contribution is -2.36. The van der Waals surface area contributed by atoms with Crippen molar-refractivity contribution in [3.05, 3.63) is 57.1 Å². The van der Waals surface area contributed by atoms with Crippen molar-refractivity contribution in [3.8, 4) is 0 Å². The molecule has 0 aliphatic heterocycles. The molecule has 1 amide bonds. The Labute approximate surface area is 173 Å². The number of fused-ring (bicyclic) bond motifs is 1. The number of likely N-dealkylation sites (N-methyl/N-ethyl adjacent to an activating group) is 1. The maximum absolute atomic E-state index is 13.3. The van der Waals surface area contributed by atoms with Gasteiger partial charge in [0.25, 0.3) is 5.91 Å². The number of benzene rings is 2. The fraction of sp³-hybridized carbons (Fsp3) is 0.300. The van der Waals surface area contributed by atoms with Crippen molar-refractivity contribution >= 4 is 55.8 Å². The summed E-state index contributed by atoms with van der Waals surface area (Å²) in [6.07, 6.45) is 0. The number of thiazole rings is 1. The van der Waals surface area contributed by atoms with Crippen molar-refractivity contribution in [1.29, 1.82) is 0 Å². The molecule has 4 nitrogen and oxygen atoms in total. The first-order valence-electron chi connectivity index (χ1n) is 8.56. The second-order valence-electron chi connectivity index (χ2n) is 6.73. The molecule has 1 aromatic heterocycles. The first kappa shape index (κ1) is 20.1. The van der Waals surface area contributed by atoms with Gasteiger partial charge in [-0.15, -0.1) is 0 Å². The van der Waals surface area contributed by atoms with Crippen molar-refractivity contribution in [2.45, 2.75) is 13.8 Å². The van der Waals surface area contributed by atoms with Crippen molar-refractivity contribution in [2.75, 3.05) is 32.1 Å². The van der Waals surface area contributed by atoms with Crippen molar-refractivity contribution in [3.63, 3.8) is 0 Å². The fourth-order valence-electron chi connectivity index (χ4n) is 2.72. The third-order valence-corrected chi connectivity index (χ3v) is 6.07. The second-order valence-corrected chi connectivity index (χ2v) is 8.59. The van der Waals surface area contributed by atoms with E-state index >= 15 is 0 Å². The van der Waals surface area contributed by atoms with Crippen LogP contribution in [0.1, 0.15) is 21.5 Å². The number of carbonyl (C=O) groups excluding carboxylic acids is 1. The van der Waals surface area contributed by atoms with Gasteiger partial charge < -0.3 is 4.90 Å². The third-order valence-electron chi connectivity index (χ3n) is 4.48. The Kier molecular flexibility index (Phi) is 6.06. The van der Waals surface area contributed by atoms with Crippen LogP contribution in [0, 0.1) is 13.8 Å². The lowest BCUT2D eigenvalue weighted by Gasteiger charge is -2.22. The first-order valence-corrected chi connectivity index (χ1v) is 10.1. The number of halogens is 2. The largest absolute Gasteiger partial charge is 0.308 e. The minimum Gasteiger partial charge on any atom is -0.308 e. The van der Waals surface area contributed by atoms with E-state index in [-0.39, 0.29) is 5.91 Å². The Morgan fingerprint density at radius 3 is 2.52 bits per heavy atom. The Morgan fingerprint density at radius 1 is 1.11 bits per heavy atom. The van der Waals surface area contributed by atoms with Gasteiger partial charge in [0.1, 0.15) is 0 Å². The van der Waals surface area contributed by atoms with Crippen LogP contribution in [0.4, 0.5) is 5.13 Å². The van der Waals surface area contributed by atoms with Gasteiger partial charge in [0.15, 0.2) is 5.13 Å². The average molecular weight is 422 g/mol. The molecular weight excluding hydrogens is 401 g/mol. The van der Waals surface area contributed by atoms with E-state index in [4.69, 9.17) is 28.2 Å². The van der Waals surface area contributed by atoms with Crippen molar-refractivity contribution in [2.24, 2.45) is 0 Å². The average Bonchev–Trinajstić information content (AvgIpc) is 3.02. The van der Waals surface area contributed by atoms with Crippen molar-refractivity contribution in [1.82, 2.24) is 9.88 Å². The second kappa shape index (κ2) is 8.15. The molecule has 0 N–H and O–H groups in total. The van der Waals surface area contributed by atoms with Gasteiger partial charge in [-0.25, -0.2) is 4.98 Å². The highest BCUT2D eigenvalue weighted by molar-refractivity contribution is 7.22. The highest BCUT2D eigenvalue weighted by atomic mass is 35.5. The summed E-state index contributed by atoms with van der Waals surface area (Å²) >= 11 is 13.8. The standard InChI is InChI=1S/C20H21Cl2N3OS/c1-12-5-8-17-18(13(12)2)23-20(27-17)25(10-9-24(3)4)19(26)15-7-6-14(21)11-16(15)22/h5-8,11H,9-10H2,1-4H3. The highest BCUT2D eigenvalue weighted by Gasteiger charge is 2.24. The predicted molar refractivity (Wildman–Crippen MR) is 116 cm³/mol. The van der Waals surface area contributed by atoms with Crippen LogP contribution in [0.15, 0.2) is 30.3 Å². The molecule has 3 rings (SSSR count). The number of aryl methyl sites for hydroxylation is 2. The summed E-state index contributed by atoms with van der Waals surface area (Å²) in [7, 11) is 3.95. The summed E-state index contributed by atoms with van der Waals surface area (Å²) in [5.41, 5.74) is 3.69. The Morgan fingerprint density at radius 2 is 1.85 bits per heavy atom. The summed E-state index contributed by atoms with van der Waals surface area (Å²) in [6, 6.07) is 9.08. The SMILES string of the molecule is Cc1ccc2sc(N(CCN(C)C)C(=O)c3ccc(Cl)cc3Cl)nc2c1C. The number of hydrogen-bond acceptors (Lipinski definition) is 4. The topological polar surface area (TPSA) is 36.4 Å². The Bertz CT molecular complexity index is 1000.